The minimum absolute atomic E-state index is 0.500. The lowest BCUT2D eigenvalue weighted by molar-refractivity contribution is 0.150. The Morgan fingerprint density at radius 2 is 1.18 bits per heavy atom. The summed E-state index contributed by atoms with van der Waals surface area (Å²) in [7, 11) is -2.98. The van der Waals surface area contributed by atoms with Crippen LogP contribution in [0.25, 0.3) is 0 Å². The molecular formula is C24H51O3P. The third-order valence-electron chi connectivity index (χ3n) is 5.81. The van der Waals surface area contributed by atoms with Crippen molar-refractivity contribution in [3.8, 4) is 0 Å². The van der Waals surface area contributed by atoms with Gasteiger partial charge in [-0.25, -0.2) is 0 Å². The van der Waals surface area contributed by atoms with Gasteiger partial charge in [0.15, 0.2) is 0 Å². The topological polar surface area (TPSA) is 35.5 Å². The van der Waals surface area contributed by atoms with E-state index in [-0.39, 0.29) is 0 Å². The lowest BCUT2D eigenvalue weighted by atomic mass is 10.0. The minimum Gasteiger partial charge on any atom is -0.308 e. The predicted molar refractivity (Wildman–Crippen MR) is 124 cm³/mol. The van der Waals surface area contributed by atoms with E-state index in [1.165, 1.54) is 38.5 Å². The van der Waals surface area contributed by atoms with Gasteiger partial charge in [-0.2, -0.15) is 0 Å². The van der Waals surface area contributed by atoms with Gasteiger partial charge in [0.1, 0.15) is 0 Å². The maximum atomic E-state index is 13.5. The normalized spacial score (nSPS) is 16.2. The van der Waals surface area contributed by atoms with Crippen molar-refractivity contribution >= 4 is 7.60 Å². The second-order valence-electron chi connectivity index (χ2n) is 9.00. The summed E-state index contributed by atoms with van der Waals surface area (Å²) in [6.45, 7) is 14.6. The lowest BCUT2D eigenvalue weighted by Gasteiger charge is -2.24. The molecule has 4 heteroatoms. The number of unbranched alkanes of at least 4 members (excludes halogenated alkanes) is 4. The van der Waals surface area contributed by atoms with Crippen LogP contribution >= 0.6 is 7.60 Å². The first kappa shape index (κ1) is 28.1. The van der Waals surface area contributed by atoms with Crippen LogP contribution in [0.1, 0.15) is 119 Å². The van der Waals surface area contributed by atoms with Gasteiger partial charge in [0.05, 0.1) is 19.4 Å². The monoisotopic (exact) mass is 418 g/mol. The first-order valence-electron chi connectivity index (χ1n) is 12.3. The summed E-state index contributed by atoms with van der Waals surface area (Å²) in [6.07, 6.45) is 14.4. The van der Waals surface area contributed by atoms with Gasteiger partial charge in [-0.05, 0) is 37.0 Å². The number of hydrogen-bond acceptors (Lipinski definition) is 3. The summed E-state index contributed by atoms with van der Waals surface area (Å²) in [4.78, 5) is 0. The van der Waals surface area contributed by atoms with Crippen LogP contribution in [0.4, 0.5) is 0 Å². The molecular weight excluding hydrogens is 367 g/mol. The molecule has 0 aromatic carbocycles. The van der Waals surface area contributed by atoms with Gasteiger partial charge >= 0.3 is 7.60 Å². The molecule has 0 aliphatic heterocycles. The van der Waals surface area contributed by atoms with E-state index in [1.807, 2.05) is 0 Å². The maximum Gasteiger partial charge on any atom is 0.330 e. The molecule has 0 amide bonds. The highest BCUT2D eigenvalue weighted by Gasteiger charge is 2.26. The van der Waals surface area contributed by atoms with Crippen molar-refractivity contribution < 1.29 is 13.6 Å². The summed E-state index contributed by atoms with van der Waals surface area (Å²) in [6, 6.07) is 0. The molecule has 3 nitrogen and oxygen atoms in total. The molecule has 0 aromatic heterocycles. The van der Waals surface area contributed by atoms with E-state index < -0.39 is 7.60 Å². The Kier molecular flexibility index (Phi) is 18.1. The van der Waals surface area contributed by atoms with Gasteiger partial charge < -0.3 is 9.05 Å². The Balaban J connectivity index is 4.66. The van der Waals surface area contributed by atoms with Gasteiger partial charge in [-0.1, -0.05) is 99.3 Å². The molecule has 0 heterocycles. The molecule has 0 saturated carbocycles. The predicted octanol–water partition coefficient (Wildman–Crippen LogP) is 8.86. The number of rotatable bonds is 20. The highest BCUT2D eigenvalue weighted by molar-refractivity contribution is 7.53. The molecule has 0 bridgehead atoms. The largest absolute Gasteiger partial charge is 0.330 e. The smallest absolute Gasteiger partial charge is 0.308 e. The minimum atomic E-state index is -2.98. The van der Waals surface area contributed by atoms with Crippen molar-refractivity contribution in [1.29, 1.82) is 0 Å². The van der Waals surface area contributed by atoms with Crippen LogP contribution in [-0.2, 0) is 13.6 Å². The molecule has 0 fully saturated rings. The quantitative estimate of drug-likeness (QED) is 0.146. The summed E-state index contributed by atoms with van der Waals surface area (Å²) >= 11 is 0. The molecule has 0 aromatic rings. The van der Waals surface area contributed by atoms with E-state index >= 15 is 0 Å². The molecule has 0 spiro atoms. The lowest BCUT2D eigenvalue weighted by Crippen LogP contribution is -2.13. The van der Waals surface area contributed by atoms with Crippen molar-refractivity contribution in [2.45, 2.75) is 119 Å². The average Bonchev–Trinajstić information content (AvgIpc) is 2.68. The molecule has 0 radical (unpaired) electrons. The van der Waals surface area contributed by atoms with Crippen LogP contribution in [0.15, 0.2) is 0 Å². The van der Waals surface area contributed by atoms with Gasteiger partial charge in [-0.3, -0.25) is 4.57 Å². The zero-order chi connectivity index (χ0) is 21.3. The fourth-order valence-corrected chi connectivity index (χ4v) is 5.25. The summed E-state index contributed by atoms with van der Waals surface area (Å²) in [5.74, 6) is 1.74. The van der Waals surface area contributed by atoms with E-state index in [0.29, 0.717) is 31.2 Å². The van der Waals surface area contributed by atoms with E-state index in [0.717, 1.165) is 44.4 Å². The summed E-state index contributed by atoms with van der Waals surface area (Å²) < 4.78 is 25.5. The maximum absolute atomic E-state index is 13.5. The van der Waals surface area contributed by atoms with Gasteiger partial charge in [0.2, 0.25) is 0 Å². The van der Waals surface area contributed by atoms with Crippen LogP contribution in [0.5, 0.6) is 0 Å². The number of hydrogen-bond donors (Lipinski definition) is 0. The first-order valence-corrected chi connectivity index (χ1v) is 14.0. The van der Waals surface area contributed by atoms with Crippen molar-refractivity contribution in [2.24, 2.45) is 17.8 Å². The SMILES string of the molecule is CCCCC(CC)COP(=O)(CCCCCC(C)C)OCC(CC)CCCC. The molecule has 0 N–H and O–H groups in total. The van der Waals surface area contributed by atoms with Crippen LogP contribution < -0.4 is 0 Å². The highest BCUT2D eigenvalue weighted by Crippen LogP contribution is 2.50. The van der Waals surface area contributed by atoms with Crippen LogP contribution in [-0.4, -0.2) is 19.4 Å². The highest BCUT2D eigenvalue weighted by atomic mass is 31.2. The van der Waals surface area contributed by atoms with Crippen LogP contribution in [0.3, 0.4) is 0 Å². The second kappa shape index (κ2) is 18.0. The molecule has 170 valence electrons. The van der Waals surface area contributed by atoms with Gasteiger partial charge in [-0.15, -0.1) is 0 Å². The second-order valence-corrected chi connectivity index (χ2v) is 11.2. The molecule has 0 saturated heterocycles. The fourth-order valence-electron chi connectivity index (χ4n) is 3.44. The molecule has 2 atom stereocenters. The van der Waals surface area contributed by atoms with E-state index in [1.54, 1.807) is 0 Å². The first-order chi connectivity index (χ1) is 13.4. The van der Waals surface area contributed by atoms with Crippen molar-refractivity contribution in [1.82, 2.24) is 0 Å². The molecule has 0 aliphatic rings. The Morgan fingerprint density at radius 3 is 1.57 bits per heavy atom. The average molecular weight is 419 g/mol. The summed E-state index contributed by atoms with van der Waals surface area (Å²) in [5, 5.41) is 0. The fraction of sp³-hybridized carbons (Fsp3) is 1.00. The van der Waals surface area contributed by atoms with Crippen LogP contribution in [0.2, 0.25) is 0 Å². The standard InChI is InChI=1S/C24H51O3P/c1-7-11-17-23(9-3)20-26-28(25,19-15-13-14-16-22(5)6)27-21-24(10-4)18-12-8-2/h22-24H,7-21H2,1-6H3. The van der Waals surface area contributed by atoms with E-state index in [9.17, 15) is 4.57 Å². The van der Waals surface area contributed by atoms with E-state index in [2.05, 4.69) is 41.5 Å². The van der Waals surface area contributed by atoms with E-state index in [4.69, 9.17) is 9.05 Å². The Morgan fingerprint density at radius 1 is 0.679 bits per heavy atom. The van der Waals surface area contributed by atoms with Gasteiger partial charge in [0, 0.05) is 0 Å². The zero-order valence-corrected chi connectivity index (χ0v) is 20.9. The van der Waals surface area contributed by atoms with Crippen molar-refractivity contribution in [3.05, 3.63) is 0 Å². The molecule has 0 aliphatic carbocycles. The van der Waals surface area contributed by atoms with Crippen LogP contribution in [0, 0.1) is 17.8 Å². The third-order valence-corrected chi connectivity index (χ3v) is 7.76. The Bertz CT molecular complexity index is 360. The molecule has 28 heavy (non-hydrogen) atoms. The summed E-state index contributed by atoms with van der Waals surface area (Å²) in [5.41, 5.74) is 0. The van der Waals surface area contributed by atoms with Crippen molar-refractivity contribution in [2.75, 3.05) is 19.4 Å². The zero-order valence-electron chi connectivity index (χ0n) is 20.0. The van der Waals surface area contributed by atoms with Gasteiger partial charge in [0.25, 0.3) is 0 Å². The molecule has 0 rings (SSSR count). The Hall–Kier alpha value is 0.150. The molecule has 2 unspecified atom stereocenters. The van der Waals surface area contributed by atoms with Crippen molar-refractivity contribution in [3.63, 3.8) is 0 Å². The third kappa shape index (κ3) is 15.1. The Labute approximate surface area is 177 Å².